The van der Waals surface area contributed by atoms with Gasteiger partial charge in [-0.3, -0.25) is 0 Å². The number of carbonyl (C=O) groups is 1. The molecule has 1 aromatic carbocycles. The zero-order valence-electron chi connectivity index (χ0n) is 13.1. The molecule has 1 amide bonds. The second-order valence-corrected chi connectivity index (χ2v) is 6.75. The Morgan fingerprint density at radius 2 is 1.80 bits per heavy atom. The molecule has 3 heteroatoms. The van der Waals surface area contributed by atoms with Gasteiger partial charge in [-0.2, -0.15) is 0 Å². The number of carbonyl (C=O) groups excluding carboxylic acids is 1. The monoisotopic (exact) mass is 275 g/mol. The molecular formula is C17H25NO2. The van der Waals surface area contributed by atoms with E-state index in [2.05, 4.69) is 38.1 Å². The van der Waals surface area contributed by atoms with E-state index in [4.69, 9.17) is 4.74 Å². The molecule has 2 rings (SSSR count). The maximum Gasteiger partial charge on any atom is 0.410 e. The number of nitrogens with zero attached hydrogens (tertiary/aromatic N) is 1. The second-order valence-electron chi connectivity index (χ2n) is 6.75. The van der Waals surface area contributed by atoms with Crippen LogP contribution >= 0.6 is 0 Å². The van der Waals surface area contributed by atoms with Crippen molar-refractivity contribution in [3.63, 3.8) is 0 Å². The van der Waals surface area contributed by atoms with Crippen molar-refractivity contribution in [3.8, 4) is 0 Å². The highest BCUT2D eigenvalue weighted by atomic mass is 16.6. The summed E-state index contributed by atoms with van der Waals surface area (Å²) >= 11 is 0. The standard InChI is InChI=1S/C17H25NO2/c1-12-13(2)18(16(19)20-17(3,4)5)11-15(12)14-9-7-6-8-10-14/h6-10,12-13,15H,11H2,1-5H3/t12-,13-,15-/m1/s1. The van der Waals surface area contributed by atoms with Crippen molar-refractivity contribution < 1.29 is 9.53 Å². The summed E-state index contributed by atoms with van der Waals surface area (Å²) in [6.45, 7) is 10.8. The molecular weight excluding hydrogens is 250 g/mol. The maximum atomic E-state index is 12.3. The lowest BCUT2D eigenvalue weighted by Gasteiger charge is -2.27. The third-order valence-corrected chi connectivity index (χ3v) is 4.14. The molecule has 0 aromatic heterocycles. The van der Waals surface area contributed by atoms with Crippen LogP contribution in [0.3, 0.4) is 0 Å². The summed E-state index contributed by atoms with van der Waals surface area (Å²) in [5.41, 5.74) is 0.864. The summed E-state index contributed by atoms with van der Waals surface area (Å²) in [6.07, 6.45) is -0.199. The van der Waals surface area contributed by atoms with Crippen LogP contribution in [-0.4, -0.2) is 29.2 Å². The molecule has 110 valence electrons. The van der Waals surface area contributed by atoms with Gasteiger partial charge in [0.1, 0.15) is 5.60 Å². The first-order valence-electron chi connectivity index (χ1n) is 7.34. The number of ether oxygens (including phenoxy) is 1. The first-order valence-corrected chi connectivity index (χ1v) is 7.34. The van der Waals surface area contributed by atoms with E-state index < -0.39 is 5.60 Å². The normalized spacial score (nSPS) is 26.6. The summed E-state index contributed by atoms with van der Waals surface area (Å²) in [6, 6.07) is 10.6. The Morgan fingerprint density at radius 3 is 2.35 bits per heavy atom. The van der Waals surface area contributed by atoms with Crippen LogP contribution in [0.2, 0.25) is 0 Å². The summed E-state index contributed by atoms with van der Waals surface area (Å²) in [4.78, 5) is 14.2. The first kappa shape index (κ1) is 14.9. The molecule has 0 spiro atoms. The van der Waals surface area contributed by atoms with Crippen molar-refractivity contribution in [1.29, 1.82) is 0 Å². The molecule has 20 heavy (non-hydrogen) atoms. The maximum absolute atomic E-state index is 12.3. The fourth-order valence-electron chi connectivity index (χ4n) is 2.84. The van der Waals surface area contributed by atoms with Crippen LogP contribution in [0.15, 0.2) is 30.3 Å². The van der Waals surface area contributed by atoms with Crippen LogP contribution in [-0.2, 0) is 4.74 Å². The first-order chi connectivity index (χ1) is 9.29. The molecule has 1 heterocycles. The SMILES string of the molecule is C[C@@H]1[C@@H](C)N(C(=O)OC(C)(C)C)C[C@H]1c1ccccc1. The average molecular weight is 275 g/mol. The van der Waals surface area contributed by atoms with Crippen LogP contribution in [0, 0.1) is 5.92 Å². The van der Waals surface area contributed by atoms with E-state index in [9.17, 15) is 4.79 Å². The van der Waals surface area contributed by atoms with Crippen molar-refractivity contribution in [2.75, 3.05) is 6.54 Å². The minimum absolute atomic E-state index is 0.199. The van der Waals surface area contributed by atoms with Crippen molar-refractivity contribution >= 4 is 6.09 Å². The van der Waals surface area contributed by atoms with E-state index in [0.29, 0.717) is 11.8 Å². The molecule has 0 aliphatic carbocycles. The molecule has 0 unspecified atom stereocenters. The van der Waals surface area contributed by atoms with Gasteiger partial charge in [0.05, 0.1) is 0 Å². The topological polar surface area (TPSA) is 29.5 Å². The molecule has 0 radical (unpaired) electrons. The Hall–Kier alpha value is -1.51. The lowest BCUT2D eigenvalue weighted by Crippen LogP contribution is -2.39. The summed E-state index contributed by atoms with van der Waals surface area (Å²) in [7, 11) is 0. The number of benzene rings is 1. The van der Waals surface area contributed by atoms with Gasteiger partial charge in [-0.25, -0.2) is 4.79 Å². The second kappa shape index (κ2) is 5.47. The van der Waals surface area contributed by atoms with Crippen LogP contribution < -0.4 is 0 Å². The molecule has 0 saturated carbocycles. The molecule has 0 bridgehead atoms. The van der Waals surface area contributed by atoms with Gasteiger partial charge in [0, 0.05) is 18.5 Å². The van der Waals surface area contributed by atoms with Gasteiger partial charge < -0.3 is 9.64 Å². The molecule has 3 nitrogen and oxygen atoms in total. The molecule has 1 aliphatic rings. The average Bonchev–Trinajstić information content (AvgIpc) is 2.66. The molecule has 0 N–H and O–H groups in total. The molecule has 1 fully saturated rings. The Balaban J connectivity index is 2.13. The highest BCUT2D eigenvalue weighted by Crippen LogP contribution is 2.37. The minimum atomic E-state index is -0.440. The predicted octanol–water partition coefficient (Wildman–Crippen LogP) is 4.05. The van der Waals surface area contributed by atoms with Crippen molar-refractivity contribution in [2.45, 2.75) is 52.2 Å². The zero-order valence-corrected chi connectivity index (χ0v) is 13.1. The van der Waals surface area contributed by atoms with Gasteiger partial charge in [0.2, 0.25) is 0 Å². The quantitative estimate of drug-likeness (QED) is 0.774. The Labute approximate surface area is 121 Å². The van der Waals surface area contributed by atoms with Crippen molar-refractivity contribution in [2.24, 2.45) is 5.92 Å². The van der Waals surface area contributed by atoms with Crippen molar-refractivity contribution in [3.05, 3.63) is 35.9 Å². The Kier molecular flexibility index (Phi) is 4.07. The molecule has 1 aliphatic heterocycles. The van der Waals surface area contributed by atoms with Crippen LogP contribution in [0.4, 0.5) is 4.79 Å². The van der Waals surface area contributed by atoms with Crippen molar-refractivity contribution in [1.82, 2.24) is 4.90 Å². The lowest BCUT2D eigenvalue weighted by molar-refractivity contribution is 0.0224. The number of rotatable bonds is 1. The fourth-order valence-corrected chi connectivity index (χ4v) is 2.84. The lowest BCUT2D eigenvalue weighted by atomic mass is 9.87. The van der Waals surface area contributed by atoms with E-state index in [0.717, 1.165) is 6.54 Å². The zero-order chi connectivity index (χ0) is 14.9. The van der Waals surface area contributed by atoms with E-state index in [-0.39, 0.29) is 12.1 Å². The van der Waals surface area contributed by atoms with Gasteiger partial charge in [-0.15, -0.1) is 0 Å². The van der Waals surface area contributed by atoms with E-state index in [1.165, 1.54) is 5.56 Å². The molecule has 1 aromatic rings. The van der Waals surface area contributed by atoms with E-state index in [1.54, 1.807) is 0 Å². The van der Waals surface area contributed by atoms with Crippen LogP contribution in [0.5, 0.6) is 0 Å². The third kappa shape index (κ3) is 3.14. The number of hydrogen-bond acceptors (Lipinski definition) is 2. The van der Waals surface area contributed by atoms with Crippen LogP contribution in [0.1, 0.15) is 46.1 Å². The highest BCUT2D eigenvalue weighted by Gasteiger charge is 2.40. The largest absolute Gasteiger partial charge is 0.444 e. The predicted molar refractivity (Wildman–Crippen MR) is 80.7 cm³/mol. The number of likely N-dealkylation sites (tertiary alicyclic amines) is 1. The van der Waals surface area contributed by atoms with Gasteiger partial charge >= 0.3 is 6.09 Å². The van der Waals surface area contributed by atoms with Gasteiger partial charge in [0.25, 0.3) is 0 Å². The molecule has 1 saturated heterocycles. The summed E-state index contributed by atoms with van der Waals surface area (Å²) in [5.74, 6) is 0.823. The number of amides is 1. The highest BCUT2D eigenvalue weighted by molar-refractivity contribution is 5.69. The Bertz CT molecular complexity index is 464. The fraction of sp³-hybridized carbons (Fsp3) is 0.588. The van der Waals surface area contributed by atoms with Gasteiger partial charge in [0.15, 0.2) is 0 Å². The third-order valence-electron chi connectivity index (χ3n) is 4.14. The van der Waals surface area contributed by atoms with E-state index >= 15 is 0 Å². The van der Waals surface area contributed by atoms with Crippen LogP contribution in [0.25, 0.3) is 0 Å². The smallest absolute Gasteiger partial charge is 0.410 e. The van der Waals surface area contributed by atoms with E-state index in [1.807, 2.05) is 31.7 Å². The number of hydrogen-bond donors (Lipinski definition) is 0. The Morgan fingerprint density at radius 1 is 1.20 bits per heavy atom. The molecule has 3 atom stereocenters. The minimum Gasteiger partial charge on any atom is -0.444 e. The van der Waals surface area contributed by atoms with Gasteiger partial charge in [-0.1, -0.05) is 37.3 Å². The summed E-state index contributed by atoms with van der Waals surface area (Å²) in [5, 5.41) is 0. The van der Waals surface area contributed by atoms with Gasteiger partial charge in [-0.05, 0) is 39.2 Å². The summed E-state index contributed by atoms with van der Waals surface area (Å²) < 4.78 is 5.51.